The average Bonchev–Trinajstić information content (AvgIpc) is 3.46. The fraction of sp³-hybridized carbons (Fsp3) is 0.114. The van der Waals surface area contributed by atoms with Gasteiger partial charge in [0.15, 0.2) is 0 Å². The molecular weight excluding hydrogens is 777 g/mol. The van der Waals surface area contributed by atoms with E-state index in [0.717, 1.165) is 40.3 Å². The molecule has 49 heavy (non-hydrogen) atoms. The van der Waals surface area contributed by atoms with Gasteiger partial charge in [-0.15, -0.1) is 95.6 Å². The fourth-order valence-corrected chi connectivity index (χ4v) is 5.62. The first-order valence-electron chi connectivity index (χ1n) is 16.2. The normalized spacial score (nSPS) is 10.4. The van der Waals surface area contributed by atoms with Crippen molar-refractivity contribution in [2.24, 2.45) is 5.92 Å². The fourth-order valence-electron chi connectivity index (χ4n) is 5.62. The Morgan fingerprint density at radius 1 is 0.571 bits per heavy atom. The molecule has 5 heteroatoms. The molecule has 0 saturated carbocycles. The number of nitrogens with zero attached hydrogens (tertiary/aromatic N) is 4. The molecule has 0 atom stereocenters. The molecule has 0 unspecified atom stereocenters. The minimum absolute atomic E-state index is 0. The molecule has 0 saturated heterocycles. The van der Waals surface area contributed by atoms with Crippen molar-refractivity contribution in [2.75, 3.05) is 0 Å². The zero-order valence-corrected chi connectivity index (χ0v) is 30.2. The molecule has 0 radical (unpaired) electrons. The van der Waals surface area contributed by atoms with Crippen LogP contribution >= 0.6 is 0 Å². The van der Waals surface area contributed by atoms with Gasteiger partial charge in [-0.25, -0.2) is 0 Å². The van der Waals surface area contributed by atoms with Crippen LogP contribution in [-0.4, -0.2) is 19.5 Å². The van der Waals surface area contributed by atoms with Gasteiger partial charge in [0.1, 0.15) is 0 Å². The zero-order valence-electron chi connectivity index (χ0n) is 27.8. The average molecular weight is 814 g/mol. The second-order valence-corrected chi connectivity index (χ2v) is 11.8. The van der Waals surface area contributed by atoms with Crippen molar-refractivity contribution < 1.29 is 20.1 Å². The monoisotopic (exact) mass is 814 g/mol. The number of fused-ring (bicyclic) bond motifs is 3. The summed E-state index contributed by atoms with van der Waals surface area (Å²) < 4.78 is 2.44. The van der Waals surface area contributed by atoms with E-state index in [1.807, 2.05) is 103 Å². The van der Waals surface area contributed by atoms with Gasteiger partial charge in [-0.2, -0.15) is 0 Å². The summed E-state index contributed by atoms with van der Waals surface area (Å²) in [4.78, 5) is 13.0. The van der Waals surface area contributed by atoms with E-state index in [1.54, 1.807) is 12.4 Å². The summed E-state index contributed by atoms with van der Waals surface area (Å²) in [7, 11) is 0. The number of benzene rings is 4. The first-order chi connectivity index (χ1) is 23.6. The summed E-state index contributed by atoms with van der Waals surface area (Å²) >= 11 is 0. The van der Waals surface area contributed by atoms with E-state index >= 15 is 0 Å². The van der Waals surface area contributed by atoms with Crippen molar-refractivity contribution in [3.05, 3.63) is 176 Å². The van der Waals surface area contributed by atoms with Gasteiger partial charge in [-0.3, -0.25) is 0 Å². The van der Waals surface area contributed by atoms with Crippen LogP contribution in [0.1, 0.15) is 19.4 Å². The van der Waals surface area contributed by atoms with Gasteiger partial charge in [0.05, 0.1) is 0 Å². The molecule has 4 aromatic carbocycles. The van der Waals surface area contributed by atoms with Crippen LogP contribution in [0.5, 0.6) is 0 Å². The SMILES string of the molecule is Cc1ccnc(-c2[c-]ccc3c4ccccc4n(CC(C)C)c23)c1.[Ir+3].[c-]1ccccc1-c1ccccn1.[c-]1ccccc1-c1ccccn1. The molecule has 0 aliphatic heterocycles. The molecule has 0 aliphatic rings. The van der Waals surface area contributed by atoms with Gasteiger partial charge in [0.2, 0.25) is 0 Å². The molecule has 4 nitrogen and oxygen atoms in total. The number of hydrogen-bond acceptors (Lipinski definition) is 3. The molecule has 8 rings (SSSR count). The maximum Gasteiger partial charge on any atom is 3.00 e. The predicted molar refractivity (Wildman–Crippen MR) is 198 cm³/mol. The molecular formula is C44H37IrN4. The van der Waals surface area contributed by atoms with Crippen molar-refractivity contribution in [2.45, 2.75) is 27.3 Å². The van der Waals surface area contributed by atoms with Gasteiger partial charge >= 0.3 is 20.1 Å². The van der Waals surface area contributed by atoms with E-state index in [4.69, 9.17) is 0 Å². The summed E-state index contributed by atoms with van der Waals surface area (Å²) in [5, 5.41) is 2.58. The number of para-hydroxylation sites is 1. The number of hydrogen-bond donors (Lipinski definition) is 0. The van der Waals surface area contributed by atoms with Crippen molar-refractivity contribution in [1.29, 1.82) is 0 Å². The maximum atomic E-state index is 4.61. The second-order valence-electron chi connectivity index (χ2n) is 11.8. The van der Waals surface area contributed by atoms with E-state index in [-0.39, 0.29) is 20.1 Å². The third kappa shape index (κ3) is 8.83. The van der Waals surface area contributed by atoms with Crippen molar-refractivity contribution in [1.82, 2.24) is 19.5 Å². The summed E-state index contributed by atoms with van der Waals surface area (Å²) in [6.45, 7) is 7.62. The molecule has 8 aromatic rings. The maximum absolute atomic E-state index is 4.61. The molecule has 4 heterocycles. The van der Waals surface area contributed by atoms with Crippen molar-refractivity contribution in [3.63, 3.8) is 0 Å². The van der Waals surface area contributed by atoms with E-state index in [9.17, 15) is 0 Å². The predicted octanol–water partition coefficient (Wildman–Crippen LogP) is 10.7. The zero-order chi connectivity index (χ0) is 33.1. The summed E-state index contributed by atoms with van der Waals surface area (Å²) in [5.74, 6) is 0.572. The molecule has 0 aliphatic carbocycles. The molecule has 0 N–H and O–H groups in total. The number of aryl methyl sites for hydroxylation is 1. The van der Waals surface area contributed by atoms with Gasteiger partial charge in [0.25, 0.3) is 0 Å². The van der Waals surface area contributed by atoms with Gasteiger partial charge in [-0.05, 0) is 65.1 Å². The minimum atomic E-state index is 0. The molecule has 0 amide bonds. The first-order valence-corrected chi connectivity index (χ1v) is 16.2. The summed E-state index contributed by atoms with van der Waals surface area (Å²) in [6, 6.07) is 54.1. The summed E-state index contributed by atoms with van der Waals surface area (Å²) in [6.07, 6.45) is 5.46. The van der Waals surface area contributed by atoms with E-state index in [2.05, 4.69) is 94.9 Å². The molecule has 0 fully saturated rings. The topological polar surface area (TPSA) is 43.6 Å². The molecule has 0 spiro atoms. The van der Waals surface area contributed by atoms with Crippen LogP contribution in [0.4, 0.5) is 0 Å². The largest absolute Gasteiger partial charge is 3.00 e. The van der Waals surface area contributed by atoms with Crippen LogP contribution in [-0.2, 0) is 26.7 Å². The Bertz CT molecular complexity index is 2030. The van der Waals surface area contributed by atoms with E-state index in [1.165, 1.54) is 27.4 Å². The van der Waals surface area contributed by atoms with Crippen LogP contribution < -0.4 is 0 Å². The quantitative estimate of drug-likeness (QED) is 0.163. The third-order valence-corrected chi connectivity index (χ3v) is 7.74. The van der Waals surface area contributed by atoms with E-state index < -0.39 is 0 Å². The Kier molecular flexibility index (Phi) is 12.4. The van der Waals surface area contributed by atoms with Crippen LogP contribution in [0.25, 0.3) is 55.6 Å². The Hall–Kier alpha value is -5.22. The van der Waals surface area contributed by atoms with Gasteiger partial charge < -0.3 is 19.5 Å². The Labute approximate surface area is 302 Å². The second kappa shape index (κ2) is 17.3. The minimum Gasteiger partial charge on any atom is -0.380 e. The number of rotatable bonds is 5. The van der Waals surface area contributed by atoms with E-state index in [0.29, 0.717) is 5.92 Å². The third-order valence-electron chi connectivity index (χ3n) is 7.74. The summed E-state index contributed by atoms with van der Waals surface area (Å²) in [5.41, 5.74) is 9.85. The van der Waals surface area contributed by atoms with Crippen molar-refractivity contribution in [3.8, 4) is 33.8 Å². The van der Waals surface area contributed by atoms with Gasteiger partial charge in [0, 0.05) is 30.7 Å². The smallest absolute Gasteiger partial charge is 0.380 e. The van der Waals surface area contributed by atoms with Crippen molar-refractivity contribution >= 4 is 21.8 Å². The molecule has 0 bridgehead atoms. The Balaban J connectivity index is 0.000000157. The van der Waals surface area contributed by atoms with Crippen LogP contribution in [0.2, 0.25) is 0 Å². The van der Waals surface area contributed by atoms with Crippen LogP contribution in [0.15, 0.2) is 152 Å². The Morgan fingerprint density at radius 3 is 1.71 bits per heavy atom. The molecule has 4 aromatic heterocycles. The van der Waals surface area contributed by atoms with Gasteiger partial charge in [-0.1, -0.05) is 73.3 Å². The van der Waals surface area contributed by atoms with Crippen LogP contribution in [0, 0.1) is 31.0 Å². The number of pyridine rings is 3. The molecule has 242 valence electrons. The standard InChI is InChI=1S/C22H21N2.2C11H8N.Ir/c1-15(2)14-24-21-10-5-4-7-17(21)18-8-6-9-19(22(18)24)20-13-16(3)11-12-23-20;2*1-2-6-10(7-3-1)11-8-4-5-9-12-11;/h4-8,10-13,15H,14H2,1-3H3;2*1-6,8-9H;/q3*-1;+3. The number of aromatic nitrogens is 4. The first kappa shape index (κ1) is 35.1. The Morgan fingerprint density at radius 2 is 1.16 bits per heavy atom. The van der Waals surface area contributed by atoms with Crippen LogP contribution in [0.3, 0.4) is 0 Å².